The number of anilines is 1. The van der Waals surface area contributed by atoms with Gasteiger partial charge in [-0.3, -0.25) is 0 Å². The van der Waals surface area contributed by atoms with Gasteiger partial charge in [-0.2, -0.15) is 0 Å². The van der Waals surface area contributed by atoms with Crippen molar-refractivity contribution in [2.45, 2.75) is 25.2 Å². The van der Waals surface area contributed by atoms with Gasteiger partial charge in [-0.25, -0.2) is 8.78 Å². The van der Waals surface area contributed by atoms with Crippen LogP contribution >= 0.6 is 0 Å². The predicted octanol–water partition coefficient (Wildman–Crippen LogP) is 2.13. The Kier molecular flexibility index (Phi) is 3.88. The normalized spacial score (nSPS) is 25.6. The molecule has 2 aliphatic rings. The third-order valence-corrected chi connectivity index (χ3v) is 4.90. The van der Waals surface area contributed by atoms with Crippen molar-refractivity contribution in [1.82, 2.24) is 4.90 Å². The zero-order chi connectivity index (χ0) is 15.0. The molecule has 2 aliphatic heterocycles. The number of piperidine rings is 1. The van der Waals surface area contributed by atoms with Crippen LogP contribution in [-0.4, -0.2) is 49.3 Å². The molecule has 3 rings (SSSR count). The summed E-state index contributed by atoms with van der Waals surface area (Å²) in [6.45, 7) is 6.20. The van der Waals surface area contributed by atoms with Crippen molar-refractivity contribution < 1.29 is 13.9 Å². The first kappa shape index (κ1) is 14.7. The van der Waals surface area contributed by atoms with Crippen molar-refractivity contribution in [2.24, 2.45) is 0 Å². The Morgan fingerprint density at radius 3 is 2.71 bits per heavy atom. The maximum atomic E-state index is 13.7. The van der Waals surface area contributed by atoms with Crippen LogP contribution in [0.15, 0.2) is 12.1 Å². The molecule has 0 amide bonds. The van der Waals surface area contributed by atoms with Gasteiger partial charge in [0, 0.05) is 43.3 Å². The minimum absolute atomic E-state index is 0.132. The van der Waals surface area contributed by atoms with E-state index in [1.807, 2.05) is 6.92 Å². The van der Waals surface area contributed by atoms with Crippen molar-refractivity contribution in [3.63, 3.8) is 0 Å². The average Bonchev–Trinajstić information content (AvgIpc) is 2.74. The summed E-state index contributed by atoms with van der Waals surface area (Å²) in [4.78, 5) is 4.37. The number of nitrogens with zero attached hydrogens (tertiary/aromatic N) is 2. The smallest absolute Gasteiger partial charge is 0.160 e. The third kappa shape index (κ3) is 2.42. The lowest BCUT2D eigenvalue weighted by atomic mass is 9.75. The zero-order valence-electron chi connectivity index (χ0n) is 12.4. The van der Waals surface area contributed by atoms with Gasteiger partial charge in [0.15, 0.2) is 11.6 Å². The number of likely N-dealkylation sites (tertiary alicyclic amines) is 1. The van der Waals surface area contributed by atoms with E-state index in [1.54, 1.807) is 0 Å². The highest BCUT2D eigenvalue weighted by molar-refractivity contribution is 5.63. The van der Waals surface area contributed by atoms with Gasteiger partial charge < -0.3 is 14.9 Å². The molecule has 0 bridgehead atoms. The molecule has 1 aromatic carbocycles. The van der Waals surface area contributed by atoms with E-state index in [-0.39, 0.29) is 12.0 Å². The summed E-state index contributed by atoms with van der Waals surface area (Å²) in [6.07, 6.45) is 2.01. The van der Waals surface area contributed by atoms with Gasteiger partial charge in [0.1, 0.15) is 0 Å². The molecule has 0 aromatic heterocycles. The van der Waals surface area contributed by atoms with Gasteiger partial charge in [-0.05, 0) is 37.9 Å². The first-order chi connectivity index (χ1) is 10.1. The first-order valence-corrected chi connectivity index (χ1v) is 7.67. The van der Waals surface area contributed by atoms with E-state index in [2.05, 4.69) is 9.80 Å². The van der Waals surface area contributed by atoms with Crippen LogP contribution in [0.3, 0.4) is 0 Å². The molecule has 0 saturated carbocycles. The van der Waals surface area contributed by atoms with Gasteiger partial charge in [-0.1, -0.05) is 0 Å². The van der Waals surface area contributed by atoms with E-state index in [1.165, 1.54) is 12.1 Å². The maximum Gasteiger partial charge on any atom is 0.160 e. The molecule has 0 radical (unpaired) electrons. The highest BCUT2D eigenvalue weighted by Crippen LogP contribution is 2.46. The number of hydrogen-bond acceptors (Lipinski definition) is 3. The molecule has 5 heteroatoms. The van der Waals surface area contributed by atoms with Crippen LogP contribution in [0.25, 0.3) is 0 Å². The Balaban J connectivity index is 2.00. The second kappa shape index (κ2) is 5.54. The fourth-order valence-electron chi connectivity index (χ4n) is 3.95. The van der Waals surface area contributed by atoms with E-state index in [0.29, 0.717) is 6.54 Å². The van der Waals surface area contributed by atoms with Crippen LogP contribution in [0.2, 0.25) is 0 Å². The minimum Gasteiger partial charge on any atom is -0.395 e. The Bertz CT molecular complexity index is 535. The van der Waals surface area contributed by atoms with E-state index < -0.39 is 11.6 Å². The van der Waals surface area contributed by atoms with E-state index in [9.17, 15) is 8.78 Å². The monoisotopic (exact) mass is 296 g/mol. The van der Waals surface area contributed by atoms with Crippen LogP contribution in [0, 0.1) is 11.6 Å². The van der Waals surface area contributed by atoms with E-state index in [0.717, 1.165) is 50.3 Å². The quantitative estimate of drug-likeness (QED) is 0.925. The van der Waals surface area contributed by atoms with Gasteiger partial charge >= 0.3 is 0 Å². The molecule has 1 spiro atoms. The topological polar surface area (TPSA) is 26.7 Å². The van der Waals surface area contributed by atoms with Crippen LogP contribution in [0.1, 0.15) is 25.3 Å². The molecule has 1 fully saturated rings. The number of halogens is 2. The second-order valence-corrected chi connectivity index (χ2v) is 6.18. The largest absolute Gasteiger partial charge is 0.395 e. The Labute approximate surface area is 124 Å². The summed E-state index contributed by atoms with van der Waals surface area (Å²) in [5, 5.41) is 9.16. The second-order valence-electron chi connectivity index (χ2n) is 6.18. The number of aliphatic hydroxyl groups is 1. The lowest BCUT2D eigenvalue weighted by Crippen LogP contribution is -2.49. The molecule has 1 N–H and O–H groups in total. The van der Waals surface area contributed by atoms with Crippen molar-refractivity contribution in [1.29, 1.82) is 0 Å². The molecule has 0 aliphatic carbocycles. The molecule has 1 unspecified atom stereocenters. The molecule has 116 valence electrons. The summed E-state index contributed by atoms with van der Waals surface area (Å²) < 4.78 is 27.3. The minimum atomic E-state index is -0.771. The van der Waals surface area contributed by atoms with Crippen LogP contribution in [-0.2, 0) is 5.41 Å². The van der Waals surface area contributed by atoms with E-state index in [4.69, 9.17) is 5.11 Å². The van der Waals surface area contributed by atoms with Crippen LogP contribution < -0.4 is 4.90 Å². The number of hydrogen-bond donors (Lipinski definition) is 1. The van der Waals surface area contributed by atoms with Crippen LogP contribution in [0.4, 0.5) is 14.5 Å². The Morgan fingerprint density at radius 2 is 2.00 bits per heavy atom. The summed E-state index contributed by atoms with van der Waals surface area (Å²) in [5.74, 6) is -1.53. The zero-order valence-corrected chi connectivity index (χ0v) is 12.4. The number of fused-ring (bicyclic) bond motifs is 2. The lowest BCUT2D eigenvalue weighted by molar-refractivity contribution is 0.126. The lowest BCUT2D eigenvalue weighted by Gasteiger charge is -2.41. The van der Waals surface area contributed by atoms with Crippen molar-refractivity contribution in [2.75, 3.05) is 44.2 Å². The Morgan fingerprint density at radius 1 is 1.24 bits per heavy atom. The summed E-state index contributed by atoms with van der Waals surface area (Å²) in [5.41, 5.74) is 1.64. The highest BCUT2D eigenvalue weighted by Gasteiger charge is 2.45. The fourth-order valence-corrected chi connectivity index (χ4v) is 3.95. The molecular formula is C16H22F2N2O. The van der Waals surface area contributed by atoms with Crippen LogP contribution in [0.5, 0.6) is 0 Å². The summed E-state index contributed by atoms with van der Waals surface area (Å²) in [6, 6.07) is 2.73. The molecule has 1 aromatic rings. The molecule has 3 nitrogen and oxygen atoms in total. The van der Waals surface area contributed by atoms with Gasteiger partial charge in [0.2, 0.25) is 0 Å². The number of likely N-dealkylation sites (N-methyl/N-ethyl adjacent to an activating group) is 1. The average molecular weight is 296 g/mol. The number of benzene rings is 1. The highest BCUT2D eigenvalue weighted by atomic mass is 19.2. The fraction of sp³-hybridized carbons (Fsp3) is 0.625. The van der Waals surface area contributed by atoms with Gasteiger partial charge in [-0.15, -0.1) is 0 Å². The first-order valence-electron chi connectivity index (χ1n) is 7.67. The van der Waals surface area contributed by atoms with Crippen molar-refractivity contribution >= 4 is 5.69 Å². The van der Waals surface area contributed by atoms with Crippen molar-refractivity contribution in [3.05, 3.63) is 29.3 Å². The molecule has 21 heavy (non-hydrogen) atoms. The molecule has 2 heterocycles. The number of aliphatic hydroxyl groups excluding tert-OH is 1. The molecular weight excluding hydrogens is 274 g/mol. The third-order valence-electron chi connectivity index (χ3n) is 4.90. The molecule has 1 saturated heterocycles. The van der Waals surface area contributed by atoms with Crippen molar-refractivity contribution in [3.8, 4) is 0 Å². The standard InChI is InChI=1S/C16H22F2N2O/c1-2-20-11-16(4-3-5-19(10-16)6-7-21)12-8-13(17)14(18)9-15(12)20/h8-9,21H,2-7,10-11H2,1H3. The number of β-amino-alcohol motifs (C(OH)–C–C–N with tert-alkyl or cyclic N) is 1. The Hall–Kier alpha value is -1.20. The van der Waals surface area contributed by atoms with Gasteiger partial charge in [0.05, 0.1) is 6.61 Å². The molecule has 1 atom stereocenters. The number of rotatable bonds is 3. The maximum absolute atomic E-state index is 13.7. The predicted molar refractivity (Wildman–Crippen MR) is 78.7 cm³/mol. The van der Waals surface area contributed by atoms with Gasteiger partial charge in [0.25, 0.3) is 0 Å². The summed E-state index contributed by atoms with van der Waals surface area (Å²) >= 11 is 0. The van der Waals surface area contributed by atoms with E-state index >= 15 is 0 Å². The summed E-state index contributed by atoms with van der Waals surface area (Å²) in [7, 11) is 0. The SMILES string of the molecule is CCN1CC2(CCCN(CCO)C2)c2cc(F)c(F)cc21.